The van der Waals surface area contributed by atoms with Gasteiger partial charge >= 0.3 is 5.97 Å². The molecule has 0 saturated carbocycles. The summed E-state index contributed by atoms with van der Waals surface area (Å²) in [5.74, 6) is -1.93. The SMILES string of the molecule is NC(=O)c1ccccc1NC(=O)COC(=O)c1cccc(N)c1. The van der Waals surface area contributed by atoms with E-state index in [0.29, 0.717) is 5.69 Å². The molecule has 118 valence electrons. The highest BCUT2D eigenvalue weighted by Gasteiger charge is 2.13. The predicted molar refractivity (Wildman–Crippen MR) is 84.7 cm³/mol. The van der Waals surface area contributed by atoms with Crippen LogP contribution in [0.3, 0.4) is 0 Å². The van der Waals surface area contributed by atoms with Gasteiger partial charge in [-0.2, -0.15) is 0 Å². The molecule has 0 spiro atoms. The molecule has 0 saturated heterocycles. The number of amides is 2. The molecule has 2 rings (SSSR count). The molecule has 0 aliphatic rings. The first-order chi connectivity index (χ1) is 11.0. The molecule has 7 nitrogen and oxygen atoms in total. The maximum atomic E-state index is 11.8. The monoisotopic (exact) mass is 313 g/mol. The maximum absolute atomic E-state index is 11.8. The van der Waals surface area contributed by atoms with Crippen molar-refractivity contribution in [3.8, 4) is 0 Å². The van der Waals surface area contributed by atoms with Gasteiger partial charge in [-0.3, -0.25) is 9.59 Å². The van der Waals surface area contributed by atoms with Gasteiger partial charge in [0, 0.05) is 5.69 Å². The topological polar surface area (TPSA) is 125 Å². The molecule has 0 bridgehead atoms. The molecule has 2 amide bonds. The van der Waals surface area contributed by atoms with E-state index in [9.17, 15) is 14.4 Å². The van der Waals surface area contributed by atoms with Crippen LogP contribution >= 0.6 is 0 Å². The Morgan fingerprint density at radius 2 is 1.78 bits per heavy atom. The molecule has 0 heterocycles. The lowest BCUT2D eigenvalue weighted by molar-refractivity contribution is -0.119. The number of rotatable bonds is 5. The maximum Gasteiger partial charge on any atom is 0.338 e. The van der Waals surface area contributed by atoms with Gasteiger partial charge in [0.15, 0.2) is 6.61 Å². The largest absolute Gasteiger partial charge is 0.452 e. The molecule has 2 aromatic rings. The summed E-state index contributed by atoms with van der Waals surface area (Å²) in [6, 6.07) is 12.5. The Bertz CT molecular complexity index is 758. The summed E-state index contributed by atoms with van der Waals surface area (Å²) in [5, 5.41) is 2.47. The van der Waals surface area contributed by atoms with Crippen molar-refractivity contribution < 1.29 is 19.1 Å². The Morgan fingerprint density at radius 1 is 1.04 bits per heavy atom. The molecule has 0 radical (unpaired) electrons. The summed E-state index contributed by atoms with van der Waals surface area (Å²) in [6.45, 7) is -0.499. The van der Waals surface area contributed by atoms with Crippen molar-refractivity contribution in [2.45, 2.75) is 0 Å². The highest BCUT2D eigenvalue weighted by atomic mass is 16.5. The van der Waals surface area contributed by atoms with E-state index >= 15 is 0 Å². The minimum Gasteiger partial charge on any atom is -0.452 e. The van der Waals surface area contributed by atoms with Crippen LogP contribution in [-0.4, -0.2) is 24.4 Å². The summed E-state index contributed by atoms with van der Waals surface area (Å²) in [6.07, 6.45) is 0. The number of primary amides is 1. The van der Waals surface area contributed by atoms with Crippen molar-refractivity contribution in [3.63, 3.8) is 0 Å². The molecular formula is C16H15N3O4. The van der Waals surface area contributed by atoms with Crippen LogP contribution in [0.2, 0.25) is 0 Å². The number of hydrogen-bond donors (Lipinski definition) is 3. The second-order valence-electron chi connectivity index (χ2n) is 4.66. The number of nitrogen functional groups attached to an aromatic ring is 1. The molecule has 0 atom stereocenters. The fourth-order valence-corrected chi connectivity index (χ4v) is 1.87. The molecule has 0 aromatic heterocycles. The number of para-hydroxylation sites is 1. The van der Waals surface area contributed by atoms with Crippen LogP contribution in [-0.2, 0) is 9.53 Å². The van der Waals surface area contributed by atoms with Gasteiger partial charge in [0.1, 0.15) is 0 Å². The Balaban J connectivity index is 1.96. The second-order valence-corrected chi connectivity index (χ2v) is 4.66. The lowest BCUT2D eigenvalue weighted by Gasteiger charge is -2.09. The number of anilines is 2. The van der Waals surface area contributed by atoms with Crippen LogP contribution in [0.1, 0.15) is 20.7 Å². The normalized spacial score (nSPS) is 9.91. The van der Waals surface area contributed by atoms with E-state index in [2.05, 4.69) is 5.32 Å². The number of hydrogen-bond acceptors (Lipinski definition) is 5. The van der Waals surface area contributed by atoms with Gasteiger partial charge in [-0.25, -0.2) is 4.79 Å². The molecular weight excluding hydrogens is 298 g/mol. The van der Waals surface area contributed by atoms with Crippen molar-refractivity contribution >= 4 is 29.2 Å². The van der Waals surface area contributed by atoms with Crippen LogP contribution in [0, 0.1) is 0 Å². The van der Waals surface area contributed by atoms with E-state index in [1.165, 1.54) is 24.3 Å². The number of benzene rings is 2. The number of carbonyl (C=O) groups excluding carboxylic acids is 3. The van der Waals surface area contributed by atoms with E-state index in [4.69, 9.17) is 16.2 Å². The quantitative estimate of drug-likeness (QED) is 0.564. The minimum absolute atomic E-state index is 0.169. The van der Waals surface area contributed by atoms with Crippen molar-refractivity contribution in [1.29, 1.82) is 0 Å². The second kappa shape index (κ2) is 7.08. The number of esters is 1. The zero-order chi connectivity index (χ0) is 16.8. The highest BCUT2D eigenvalue weighted by Crippen LogP contribution is 2.14. The Hall–Kier alpha value is -3.35. The van der Waals surface area contributed by atoms with Crippen LogP contribution in [0.25, 0.3) is 0 Å². The smallest absolute Gasteiger partial charge is 0.338 e. The van der Waals surface area contributed by atoms with Gasteiger partial charge in [0.2, 0.25) is 0 Å². The Morgan fingerprint density at radius 3 is 2.48 bits per heavy atom. The molecule has 0 fully saturated rings. The van der Waals surface area contributed by atoms with E-state index in [1.807, 2.05) is 0 Å². The number of nitrogens with two attached hydrogens (primary N) is 2. The average molecular weight is 313 g/mol. The van der Waals surface area contributed by atoms with Crippen molar-refractivity contribution in [3.05, 3.63) is 59.7 Å². The van der Waals surface area contributed by atoms with E-state index in [0.717, 1.165) is 0 Å². The van der Waals surface area contributed by atoms with Crippen molar-refractivity contribution in [1.82, 2.24) is 0 Å². The molecule has 5 N–H and O–H groups in total. The van der Waals surface area contributed by atoms with E-state index in [1.54, 1.807) is 24.3 Å². The highest BCUT2D eigenvalue weighted by molar-refractivity contribution is 6.03. The standard InChI is InChI=1S/C16H15N3O4/c17-11-5-3-4-10(8-11)16(22)23-9-14(20)19-13-7-2-1-6-12(13)15(18)21/h1-8H,9,17H2,(H2,18,21)(H,19,20). The molecule has 7 heteroatoms. The minimum atomic E-state index is -0.671. The van der Waals surface area contributed by atoms with Gasteiger partial charge in [0.05, 0.1) is 16.8 Å². The van der Waals surface area contributed by atoms with Crippen LogP contribution in [0.4, 0.5) is 11.4 Å². The third-order valence-electron chi connectivity index (χ3n) is 2.92. The summed E-state index contributed by atoms with van der Waals surface area (Å²) >= 11 is 0. The molecule has 0 aliphatic heterocycles. The third-order valence-corrected chi connectivity index (χ3v) is 2.92. The Kier molecular flexibility index (Phi) is 4.93. The van der Waals surface area contributed by atoms with E-state index < -0.39 is 24.4 Å². The average Bonchev–Trinajstić information content (AvgIpc) is 2.53. The lowest BCUT2D eigenvalue weighted by atomic mass is 10.1. The summed E-state index contributed by atoms with van der Waals surface area (Å²) in [4.78, 5) is 34.9. The third kappa shape index (κ3) is 4.31. The summed E-state index contributed by atoms with van der Waals surface area (Å²) in [5.41, 5.74) is 11.9. The number of carbonyl (C=O) groups is 3. The van der Waals surface area contributed by atoms with E-state index in [-0.39, 0.29) is 16.8 Å². The number of ether oxygens (including phenoxy) is 1. The zero-order valence-electron chi connectivity index (χ0n) is 12.1. The fourth-order valence-electron chi connectivity index (χ4n) is 1.87. The fraction of sp³-hybridized carbons (Fsp3) is 0.0625. The van der Waals surface area contributed by atoms with Crippen LogP contribution in [0.5, 0.6) is 0 Å². The summed E-state index contributed by atoms with van der Waals surface area (Å²) in [7, 11) is 0. The van der Waals surface area contributed by atoms with Gasteiger partial charge in [-0.1, -0.05) is 18.2 Å². The van der Waals surface area contributed by atoms with Crippen molar-refractivity contribution in [2.24, 2.45) is 5.73 Å². The molecule has 2 aromatic carbocycles. The first-order valence-electron chi connectivity index (χ1n) is 6.68. The molecule has 23 heavy (non-hydrogen) atoms. The molecule has 0 unspecified atom stereocenters. The molecule has 0 aliphatic carbocycles. The first-order valence-corrected chi connectivity index (χ1v) is 6.68. The van der Waals surface area contributed by atoms with Gasteiger partial charge in [-0.15, -0.1) is 0 Å². The van der Waals surface area contributed by atoms with Crippen LogP contribution < -0.4 is 16.8 Å². The van der Waals surface area contributed by atoms with Crippen molar-refractivity contribution in [2.75, 3.05) is 17.7 Å². The number of nitrogens with one attached hydrogen (secondary N) is 1. The predicted octanol–water partition coefficient (Wildman–Crippen LogP) is 1.16. The van der Waals surface area contributed by atoms with Gasteiger partial charge < -0.3 is 21.5 Å². The lowest BCUT2D eigenvalue weighted by Crippen LogP contribution is -2.23. The van der Waals surface area contributed by atoms with Crippen LogP contribution in [0.15, 0.2) is 48.5 Å². The summed E-state index contributed by atoms with van der Waals surface area (Å²) < 4.78 is 4.89. The first kappa shape index (κ1) is 16.0. The Labute approximate surface area is 132 Å². The zero-order valence-corrected chi connectivity index (χ0v) is 12.1. The van der Waals surface area contributed by atoms with Gasteiger partial charge in [0.25, 0.3) is 11.8 Å². The van der Waals surface area contributed by atoms with Gasteiger partial charge in [-0.05, 0) is 30.3 Å².